The minimum absolute atomic E-state index is 0.597. The van der Waals surface area contributed by atoms with Gasteiger partial charge in [-0.3, -0.25) is 0 Å². The van der Waals surface area contributed by atoms with E-state index < -0.39 is 0 Å². The van der Waals surface area contributed by atoms with Gasteiger partial charge in [-0.25, -0.2) is 0 Å². The van der Waals surface area contributed by atoms with Crippen molar-refractivity contribution in [1.82, 2.24) is 9.55 Å². The van der Waals surface area contributed by atoms with Gasteiger partial charge in [0.15, 0.2) is 4.77 Å². The number of aromatic amines is 1. The second-order valence-electron chi connectivity index (χ2n) is 4.26. The molecule has 0 aliphatic rings. The van der Waals surface area contributed by atoms with Crippen LogP contribution in [-0.2, 0) is 6.54 Å². The Morgan fingerprint density at radius 2 is 1.74 bits per heavy atom. The molecule has 0 fully saturated rings. The van der Waals surface area contributed by atoms with Crippen molar-refractivity contribution in [2.75, 3.05) is 6.61 Å². The van der Waals surface area contributed by atoms with E-state index in [1.165, 1.54) is 0 Å². The molecule has 0 bridgehead atoms. The predicted octanol–water partition coefficient (Wildman–Crippen LogP) is 3.78. The number of aromatic nitrogens is 2. The summed E-state index contributed by atoms with van der Waals surface area (Å²) in [5.74, 6) is 0.883. The summed E-state index contributed by atoms with van der Waals surface area (Å²) < 4.78 is 8.50. The van der Waals surface area contributed by atoms with Gasteiger partial charge in [0.05, 0.1) is 17.6 Å². The van der Waals surface area contributed by atoms with Gasteiger partial charge < -0.3 is 14.3 Å². The summed E-state index contributed by atoms with van der Waals surface area (Å²) in [6, 6.07) is 17.9. The van der Waals surface area contributed by atoms with Crippen LogP contribution in [0.25, 0.3) is 11.0 Å². The Bertz CT molecular complexity index is 730. The molecular weight excluding hydrogens is 256 g/mol. The molecule has 0 aliphatic carbocycles. The molecule has 0 amide bonds. The number of fused-ring (bicyclic) bond motifs is 1. The van der Waals surface area contributed by atoms with Gasteiger partial charge in [-0.15, -0.1) is 0 Å². The molecule has 1 N–H and O–H groups in total. The molecule has 4 heteroatoms. The average Bonchev–Trinajstić information content (AvgIpc) is 2.76. The average molecular weight is 270 g/mol. The molecule has 1 aromatic heterocycles. The number of nitrogens with zero attached hydrogens (tertiary/aromatic N) is 1. The molecule has 1 heterocycles. The van der Waals surface area contributed by atoms with Gasteiger partial charge in [0, 0.05) is 0 Å². The van der Waals surface area contributed by atoms with Crippen molar-refractivity contribution in [3.63, 3.8) is 0 Å². The molecule has 3 rings (SSSR count). The molecule has 0 unspecified atom stereocenters. The van der Waals surface area contributed by atoms with Crippen LogP contribution in [0.5, 0.6) is 5.75 Å². The van der Waals surface area contributed by atoms with E-state index in [1.54, 1.807) is 0 Å². The van der Waals surface area contributed by atoms with Gasteiger partial charge in [-0.1, -0.05) is 30.3 Å². The molecule has 19 heavy (non-hydrogen) atoms. The minimum atomic E-state index is 0.597. The number of hydrogen-bond acceptors (Lipinski definition) is 2. The van der Waals surface area contributed by atoms with E-state index in [4.69, 9.17) is 17.0 Å². The third kappa shape index (κ3) is 2.53. The third-order valence-corrected chi connectivity index (χ3v) is 3.33. The quantitative estimate of drug-likeness (QED) is 0.731. The summed E-state index contributed by atoms with van der Waals surface area (Å²) in [6.07, 6.45) is 0. The molecule has 0 saturated carbocycles. The van der Waals surface area contributed by atoms with Crippen LogP contribution in [0.3, 0.4) is 0 Å². The standard InChI is InChI=1S/C15H14N2OS/c19-15-16-13-8-4-5-9-14(13)17(15)10-11-18-12-6-2-1-3-7-12/h1-9H,10-11H2,(H,16,19). The minimum Gasteiger partial charge on any atom is -0.492 e. The van der Waals surface area contributed by atoms with Gasteiger partial charge in [0.2, 0.25) is 0 Å². The largest absolute Gasteiger partial charge is 0.492 e. The zero-order valence-electron chi connectivity index (χ0n) is 10.4. The van der Waals surface area contributed by atoms with Crippen molar-refractivity contribution >= 4 is 23.3 Å². The maximum absolute atomic E-state index is 5.70. The SMILES string of the molecule is S=c1[nH]c2ccccc2n1CCOc1ccccc1. The van der Waals surface area contributed by atoms with Gasteiger partial charge in [0.25, 0.3) is 0 Å². The fraction of sp³-hybridized carbons (Fsp3) is 0.133. The van der Waals surface area contributed by atoms with Crippen molar-refractivity contribution < 1.29 is 4.74 Å². The van der Waals surface area contributed by atoms with Crippen LogP contribution < -0.4 is 4.74 Å². The van der Waals surface area contributed by atoms with E-state index in [1.807, 2.05) is 48.5 Å². The number of ether oxygens (including phenoxy) is 1. The number of H-pyrrole nitrogens is 1. The lowest BCUT2D eigenvalue weighted by Crippen LogP contribution is -2.08. The number of rotatable bonds is 4. The van der Waals surface area contributed by atoms with E-state index in [9.17, 15) is 0 Å². The lowest BCUT2D eigenvalue weighted by molar-refractivity contribution is 0.299. The fourth-order valence-corrected chi connectivity index (χ4v) is 2.40. The topological polar surface area (TPSA) is 29.9 Å². The normalized spacial score (nSPS) is 10.7. The maximum atomic E-state index is 5.70. The van der Waals surface area contributed by atoms with Crippen molar-refractivity contribution in [2.45, 2.75) is 6.54 Å². The second kappa shape index (κ2) is 5.28. The van der Waals surface area contributed by atoms with Crippen LogP contribution in [-0.4, -0.2) is 16.2 Å². The number of nitrogens with one attached hydrogen (secondary N) is 1. The Morgan fingerprint density at radius 3 is 2.58 bits per heavy atom. The van der Waals surface area contributed by atoms with E-state index in [2.05, 4.69) is 15.6 Å². The van der Waals surface area contributed by atoms with Crippen molar-refractivity contribution in [3.8, 4) is 5.75 Å². The summed E-state index contributed by atoms with van der Waals surface area (Å²) in [5.41, 5.74) is 2.18. The first-order valence-corrected chi connectivity index (χ1v) is 6.61. The first-order chi connectivity index (χ1) is 9.34. The molecule has 0 atom stereocenters. The first kappa shape index (κ1) is 12.0. The summed E-state index contributed by atoms with van der Waals surface area (Å²) in [7, 11) is 0. The highest BCUT2D eigenvalue weighted by Crippen LogP contribution is 2.14. The molecule has 96 valence electrons. The number of para-hydroxylation sites is 3. The van der Waals surface area contributed by atoms with Crippen LogP contribution in [0.2, 0.25) is 0 Å². The third-order valence-electron chi connectivity index (χ3n) is 3.01. The molecule has 0 radical (unpaired) electrons. The predicted molar refractivity (Wildman–Crippen MR) is 79.1 cm³/mol. The van der Waals surface area contributed by atoms with Crippen molar-refractivity contribution in [3.05, 3.63) is 59.4 Å². The van der Waals surface area contributed by atoms with Crippen molar-refractivity contribution in [2.24, 2.45) is 0 Å². The maximum Gasteiger partial charge on any atom is 0.178 e. The van der Waals surface area contributed by atoms with Crippen molar-refractivity contribution in [1.29, 1.82) is 0 Å². The summed E-state index contributed by atoms with van der Waals surface area (Å²) >= 11 is 5.33. The zero-order valence-corrected chi connectivity index (χ0v) is 11.2. The lowest BCUT2D eigenvalue weighted by atomic mass is 10.3. The molecule has 0 aliphatic heterocycles. The van der Waals surface area contributed by atoms with E-state index >= 15 is 0 Å². The van der Waals surface area contributed by atoms with E-state index in [0.717, 1.165) is 28.1 Å². The van der Waals surface area contributed by atoms with Crippen LogP contribution in [0.4, 0.5) is 0 Å². The second-order valence-corrected chi connectivity index (χ2v) is 4.65. The molecule has 2 aromatic carbocycles. The first-order valence-electron chi connectivity index (χ1n) is 6.20. The summed E-state index contributed by atoms with van der Waals surface area (Å²) in [5, 5.41) is 0. The lowest BCUT2D eigenvalue weighted by Gasteiger charge is -2.07. The Morgan fingerprint density at radius 1 is 1.00 bits per heavy atom. The molecule has 3 aromatic rings. The molecule has 0 saturated heterocycles. The van der Waals surface area contributed by atoms with Gasteiger partial charge in [0.1, 0.15) is 12.4 Å². The van der Waals surface area contributed by atoms with Gasteiger partial charge in [-0.05, 0) is 36.5 Å². The summed E-state index contributed by atoms with van der Waals surface area (Å²) in [4.78, 5) is 3.20. The Kier molecular flexibility index (Phi) is 3.33. The fourth-order valence-electron chi connectivity index (χ4n) is 2.10. The number of hydrogen-bond donors (Lipinski definition) is 1. The molecule has 3 nitrogen and oxygen atoms in total. The highest BCUT2D eigenvalue weighted by Gasteiger charge is 2.03. The van der Waals surface area contributed by atoms with Crippen LogP contribution in [0.15, 0.2) is 54.6 Å². The van der Waals surface area contributed by atoms with Crippen LogP contribution >= 0.6 is 12.2 Å². The molecule has 0 spiro atoms. The molecular formula is C15H14N2OS. The Hall–Kier alpha value is -2.07. The highest BCUT2D eigenvalue weighted by atomic mass is 32.1. The highest BCUT2D eigenvalue weighted by molar-refractivity contribution is 7.71. The monoisotopic (exact) mass is 270 g/mol. The Labute approximate surface area is 116 Å². The zero-order chi connectivity index (χ0) is 13.1. The summed E-state index contributed by atoms with van der Waals surface area (Å²) in [6.45, 7) is 1.33. The van der Waals surface area contributed by atoms with Crippen LogP contribution in [0.1, 0.15) is 0 Å². The van der Waals surface area contributed by atoms with Crippen LogP contribution in [0, 0.1) is 4.77 Å². The van der Waals surface area contributed by atoms with Gasteiger partial charge >= 0.3 is 0 Å². The van der Waals surface area contributed by atoms with E-state index in [0.29, 0.717) is 6.61 Å². The van der Waals surface area contributed by atoms with E-state index in [-0.39, 0.29) is 0 Å². The van der Waals surface area contributed by atoms with Gasteiger partial charge in [-0.2, -0.15) is 0 Å². The number of benzene rings is 2. The Balaban J connectivity index is 1.75. The number of imidazole rings is 1. The smallest absolute Gasteiger partial charge is 0.178 e.